The molecule has 0 aromatic carbocycles. The van der Waals surface area contributed by atoms with Crippen molar-refractivity contribution in [1.82, 2.24) is 0 Å². The molecule has 3 aliphatic rings. The largest absolute Gasteiger partial charge is 0.459 e. The van der Waals surface area contributed by atoms with Crippen LogP contribution in [0.2, 0.25) is 0 Å². The third kappa shape index (κ3) is 1.66. The van der Waals surface area contributed by atoms with Crippen molar-refractivity contribution in [2.75, 3.05) is 13.2 Å². The number of aliphatic hydroxyl groups excluding tert-OH is 1. The Labute approximate surface area is 89.6 Å². The minimum absolute atomic E-state index is 0.00243. The van der Waals surface area contributed by atoms with E-state index in [-0.39, 0.29) is 12.6 Å². The monoisotopic (exact) mass is 214 g/mol. The molecule has 86 valence electrons. The molecular weight excluding hydrogens is 196 g/mol. The molecule has 0 atom stereocenters. The molecular formula is C11H18O4. The highest BCUT2D eigenvalue weighted by atomic mass is 16.6. The fourth-order valence-corrected chi connectivity index (χ4v) is 2.42. The first-order valence-electron chi connectivity index (χ1n) is 5.29. The van der Waals surface area contributed by atoms with Crippen molar-refractivity contribution in [3.8, 4) is 0 Å². The first-order chi connectivity index (χ1) is 6.81. The summed E-state index contributed by atoms with van der Waals surface area (Å²) in [5.41, 5.74) is -1.38. The molecule has 1 N–H and O–H groups in total. The lowest BCUT2D eigenvalue weighted by atomic mass is 9.63. The van der Waals surface area contributed by atoms with E-state index in [1.807, 2.05) is 20.8 Å². The molecule has 2 bridgehead atoms. The second-order valence-corrected chi connectivity index (χ2v) is 5.77. The number of hydrogen-bond donors (Lipinski definition) is 1. The molecule has 2 saturated heterocycles. The first-order valence-corrected chi connectivity index (χ1v) is 5.29. The molecule has 3 fully saturated rings. The minimum atomic E-state index is -0.476. The fraction of sp³-hybridized carbons (Fsp3) is 0.909. The SMILES string of the molecule is CC(C)(C)OC(=O)C12COC(CO)(C1)C2. The van der Waals surface area contributed by atoms with Crippen LogP contribution in [-0.2, 0) is 14.3 Å². The van der Waals surface area contributed by atoms with Crippen LogP contribution in [0.25, 0.3) is 0 Å². The number of carbonyl (C=O) groups excluding carboxylic acids is 1. The summed E-state index contributed by atoms with van der Waals surface area (Å²) in [4.78, 5) is 11.9. The van der Waals surface area contributed by atoms with Crippen LogP contribution < -0.4 is 0 Å². The van der Waals surface area contributed by atoms with Crippen LogP contribution in [-0.4, -0.2) is 35.5 Å². The third-order valence-electron chi connectivity index (χ3n) is 3.10. The topological polar surface area (TPSA) is 55.8 Å². The standard InChI is InChI=1S/C11H18O4/c1-9(2,3)15-8(13)10-4-11(5-10,6-12)14-7-10/h12H,4-7H2,1-3H3. The first kappa shape index (κ1) is 10.9. The molecule has 2 heterocycles. The van der Waals surface area contributed by atoms with Crippen LogP contribution in [0.1, 0.15) is 33.6 Å². The van der Waals surface area contributed by atoms with Crippen molar-refractivity contribution < 1.29 is 19.4 Å². The van der Waals surface area contributed by atoms with E-state index in [4.69, 9.17) is 14.6 Å². The number of carbonyl (C=O) groups is 1. The number of esters is 1. The molecule has 0 amide bonds. The van der Waals surface area contributed by atoms with Gasteiger partial charge in [0.2, 0.25) is 0 Å². The van der Waals surface area contributed by atoms with Gasteiger partial charge in [0, 0.05) is 0 Å². The predicted molar refractivity (Wildman–Crippen MR) is 53.3 cm³/mol. The van der Waals surface area contributed by atoms with Gasteiger partial charge >= 0.3 is 5.97 Å². The van der Waals surface area contributed by atoms with Gasteiger partial charge in [-0.05, 0) is 33.6 Å². The van der Waals surface area contributed by atoms with Crippen molar-refractivity contribution in [3.05, 3.63) is 0 Å². The Morgan fingerprint density at radius 3 is 2.47 bits per heavy atom. The van der Waals surface area contributed by atoms with Crippen LogP contribution in [0.4, 0.5) is 0 Å². The summed E-state index contributed by atoms with van der Waals surface area (Å²) < 4.78 is 10.8. The molecule has 0 aromatic heterocycles. The Morgan fingerprint density at radius 1 is 1.47 bits per heavy atom. The van der Waals surface area contributed by atoms with E-state index in [9.17, 15) is 4.79 Å². The van der Waals surface area contributed by atoms with E-state index in [0.717, 1.165) is 0 Å². The average molecular weight is 214 g/mol. The van der Waals surface area contributed by atoms with Gasteiger partial charge < -0.3 is 14.6 Å². The van der Waals surface area contributed by atoms with Crippen molar-refractivity contribution in [2.24, 2.45) is 5.41 Å². The molecule has 1 aliphatic carbocycles. The molecule has 4 heteroatoms. The predicted octanol–water partition coefficient (Wildman–Crippen LogP) is 0.870. The Morgan fingerprint density at radius 2 is 2.07 bits per heavy atom. The van der Waals surface area contributed by atoms with Gasteiger partial charge in [-0.15, -0.1) is 0 Å². The number of fused-ring (bicyclic) bond motifs is 1. The Balaban J connectivity index is 2.00. The third-order valence-corrected chi connectivity index (χ3v) is 3.10. The van der Waals surface area contributed by atoms with Crippen molar-refractivity contribution in [3.63, 3.8) is 0 Å². The molecule has 1 saturated carbocycles. The van der Waals surface area contributed by atoms with E-state index >= 15 is 0 Å². The number of rotatable bonds is 2. The lowest BCUT2D eigenvalue weighted by molar-refractivity contribution is -0.173. The van der Waals surface area contributed by atoms with Gasteiger partial charge in [-0.25, -0.2) is 0 Å². The summed E-state index contributed by atoms with van der Waals surface area (Å²) in [5.74, 6) is -0.184. The van der Waals surface area contributed by atoms with E-state index in [1.54, 1.807) is 0 Å². The fourth-order valence-electron chi connectivity index (χ4n) is 2.42. The lowest BCUT2D eigenvalue weighted by Gasteiger charge is -2.42. The summed E-state index contributed by atoms with van der Waals surface area (Å²) >= 11 is 0. The van der Waals surface area contributed by atoms with E-state index < -0.39 is 16.6 Å². The lowest BCUT2D eigenvalue weighted by Crippen LogP contribution is -2.52. The molecule has 0 unspecified atom stereocenters. The van der Waals surface area contributed by atoms with E-state index in [2.05, 4.69) is 0 Å². The summed E-state index contributed by atoms with van der Waals surface area (Å²) in [6.07, 6.45) is 1.21. The maximum atomic E-state index is 11.9. The Kier molecular flexibility index (Phi) is 2.14. The van der Waals surface area contributed by atoms with Crippen LogP contribution in [0.3, 0.4) is 0 Å². The molecule has 3 rings (SSSR count). The highest BCUT2D eigenvalue weighted by molar-refractivity contribution is 5.80. The molecule has 2 aliphatic heterocycles. The zero-order chi connectivity index (χ0) is 11.3. The normalized spacial score (nSPS) is 38.7. The van der Waals surface area contributed by atoms with Crippen molar-refractivity contribution in [1.29, 1.82) is 0 Å². The Hall–Kier alpha value is -0.610. The zero-order valence-electron chi connectivity index (χ0n) is 9.50. The van der Waals surface area contributed by atoms with E-state index in [1.165, 1.54) is 0 Å². The summed E-state index contributed by atoms with van der Waals surface area (Å²) in [5, 5.41) is 9.11. The minimum Gasteiger partial charge on any atom is -0.459 e. The highest BCUT2D eigenvalue weighted by Crippen LogP contribution is 2.58. The summed E-state index contributed by atoms with van der Waals surface area (Å²) in [6, 6.07) is 0. The quantitative estimate of drug-likeness (QED) is 0.693. The van der Waals surface area contributed by atoms with E-state index in [0.29, 0.717) is 19.4 Å². The average Bonchev–Trinajstić information content (AvgIpc) is 2.54. The van der Waals surface area contributed by atoms with Gasteiger partial charge in [-0.3, -0.25) is 4.79 Å². The van der Waals surface area contributed by atoms with Crippen molar-refractivity contribution >= 4 is 5.97 Å². The number of hydrogen-bond acceptors (Lipinski definition) is 4. The van der Waals surface area contributed by atoms with Crippen LogP contribution in [0, 0.1) is 5.41 Å². The van der Waals surface area contributed by atoms with Crippen LogP contribution in [0.5, 0.6) is 0 Å². The van der Waals surface area contributed by atoms with Gasteiger partial charge in [0.15, 0.2) is 0 Å². The highest BCUT2D eigenvalue weighted by Gasteiger charge is 2.67. The molecule has 0 radical (unpaired) electrons. The van der Waals surface area contributed by atoms with Crippen LogP contribution >= 0.6 is 0 Å². The molecule has 4 nitrogen and oxygen atoms in total. The maximum absolute atomic E-state index is 11.9. The second-order valence-electron chi connectivity index (χ2n) is 5.77. The second kappa shape index (κ2) is 2.95. The van der Waals surface area contributed by atoms with Crippen molar-refractivity contribution in [2.45, 2.75) is 44.8 Å². The smallest absolute Gasteiger partial charge is 0.315 e. The molecule has 0 aromatic rings. The van der Waals surface area contributed by atoms with Gasteiger partial charge in [0.25, 0.3) is 0 Å². The summed E-state index contributed by atoms with van der Waals surface area (Å²) in [7, 11) is 0. The Bertz CT molecular complexity index is 283. The van der Waals surface area contributed by atoms with Gasteiger partial charge in [-0.1, -0.05) is 0 Å². The van der Waals surface area contributed by atoms with Gasteiger partial charge in [0.1, 0.15) is 5.60 Å². The van der Waals surface area contributed by atoms with Gasteiger partial charge in [0.05, 0.1) is 24.2 Å². The number of aliphatic hydroxyl groups is 1. The maximum Gasteiger partial charge on any atom is 0.315 e. The van der Waals surface area contributed by atoms with Crippen LogP contribution in [0.15, 0.2) is 0 Å². The zero-order valence-corrected chi connectivity index (χ0v) is 9.50. The number of ether oxygens (including phenoxy) is 2. The summed E-state index contributed by atoms with van der Waals surface area (Å²) in [6.45, 7) is 5.96. The van der Waals surface area contributed by atoms with Gasteiger partial charge in [-0.2, -0.15) is 0 Å². The molecule has 15 heavy (non-hydrogen) atoms. The molecule has 0 spiro atoms.